The zero-order chi connectivity index (χ0) is 15.4. The van der Waals surface area contributed by atoms with E-state index in [9.17, 15) is 0 Å². The largest absolute Gasteiger partial charge is 0.493 e. The lowest BCUT2D eigenvalue weighted by atomic mass is 9.98. The van der Waals surface area contributed by atoms with Gasteiger partial charge in [-0.05, 0) is 42.4 Å². The number of rotatable bonds is 5. The lowest BCUT2D eigenvalue weighted by Gasteiger charge is -2.20. The van der Waals surface area contributed by atoms with E-state index in [1.54, 1.807) is 14.2 Å². The third-order valence-electron chi connectivity index (χ3n) is 3.31. The van der Waals surface area contributed by atoms with Crippen LogP contribution in [0.4, 0.5) is 0 Å². The molecule has 0 bridgehead atoms. The summed E-state index contributed by atoms with van der Waals surface area (Å²) in [5, 5.41) is 4.04. The molecule has 1 atom stereocenters. The van der Waals surface area contributed by atoms with E-state index in [1.165, 1.54) is 0 Å². The van der Waals surface area contributed by atoms with Gasteiger partial charge >= 0.3 is 0 Å². The number of hydrogen-bond acceptors (Lipinski definition) is 3. The minimum absolute atomic E-state index is 0.0245. The zero-order valence-electron chi connectivity index (χ0n) is 12.1. The summed E-state index contributed by atoms with van der Waals surface area (Å²) in [6, 6.07) is 11.7. The molecule has 0 aliphatic rings. The van der Waals surface area contributed by atoms with Crippen LogP contribution in [0, 0.1) is 0 Å². The maximum atomic E-state index is 5.96. The monoisotopic (exact) mass is 369 g/mol. The second kappa shape index (κ2) is 7.16. The normalized spacial score (nSPS) is 12.0. The average molecular weight is 371 g/mol. The fraction of sp³-hybridized carbons (Fsp3) is 0.250. The van der Waals surface area contributed by atoms with Crippen molar-refractivity contribution in [1.82, 2.24) is 5.32 Å². The van der Waals surface area contributed by atoms with Gasteiger partial charge in [0.1, 0.15) is 0 Å². The van der Waals surface area contributed by atoms with Gasteiger partial charge in [-0.25, -0.2) is 0 Å². The Bertz CT molecular complexity index is 616. The van der Waals surface area contributed by atoms with Crippen molar-refractivity contribution in [2.75, 3.05) is 21.3 Å². The third kappa shape index (κ3) is 3.51. The Morgan fingerprint density at radius 1 is 1.05 bits per heavy atom. The molecule has 5 heteroatoms. The summed E-state index contributed by atoms with van der Waals surface area (Å²) < 4.78 is 11.7. The molecule has 0 spiro atoms. The maximum Gasteiger partial charge on any atom is 0.161 e. The number of halogens is 2. The summed E-state index contributed by atoms with van der Waals surface area (Å²) in [4.78, 5) is 0. The summed E-state index contributed by atoms with van der Waals surface area (Å²) in [6.45, 7) is 0. The summed E-state index contributed by atoms with van der Waals surface area (Å²) in [6.07, 6.45) is 0. The summed E-state index contributed by atoms with van der Waals surface area (Å²) >= 11 is 9.56. The second-order valence-corrected chi connectivity index (χ2v) is 5.79. The standard InChI is InChI=1S/C16H17BrClNO2/c1-19-16(10-4-6-11(18)7-5-10)12-8-14(20-2)15(21-3)9-13(12)17/h4-9,16,19H,1-3H3. The molecule has 0 saturated carbocycles. The Morgan fingerprint density at radius 2 is 1.62 bits per heavy atom. The summed E-state index contributed by atoms with van der Waals surface area (Å²) in [5.74, 6) is 1.39. The molecule has 2 aromatic rings. The predicted octanol–water partition coefficient (Wildman–Crippen LogP) is 4.43. The van der Waals surface area contributed by atoms with Crippen LogP contribution >= 0.6 is 27.5 Å². The van der Waals surface area contributed by atoms with E-state index in [0.29, 0.717) is 11.5 Å². The minimum Gasteiger partial charge on any atom is -0.493 e. The quantitative estimate of drug-likeness (QED) is 0.844. The molecule has 3 nitrogen and oxygen atoms in total. The number of nitrogens with one attached hydrogen (secondary N) is 1. The van der Waals surface area contributed by atoms with E-state index in [-0.39, 0.29) is 6.04 Å². The molecular formula is C16H17BrClNO2. The lowest BCUT2D eigenvalue weighted by Crippen LogP contribution is -2.18. The Balaban J connectivity index is 2.49. The van der Waals surface area contributed by atoms with Crippen molar-refractivity contribution in [3.8, 4) is 11.5 Å². The summed E-state index contributed by atoms with van der Waals surface area (Å²) in [5.41, 5.74) is 2.19. The highest BCUT2D eigenvalue weighted by Gasteiger charge is 2.18. The van der Waals surface area contributed by atoms with E-state index in [4.69, 9.17) is 21.1 Å². The number of benzene rings is 2. The molecule has 112 valence electrons. The second-order valence-electron chi connectivity index (χ2n) is 4.50. The molecule has 21 heavy (non-hydrogen) atoms. The van der Waals surface area contributed by atoms with Gasteiger partial charge in [0, 0.05) is 9.50 Å². The van der Waals surface area contributed by atoms with E-state index in [0.717, 1.165) is 20.6 Å². The minimum atomic E-state index is 0.0245. The van der Waals surface area contributed by atoms with Crippen LogP contribution in [0.5, 0.6) is 11.5 Å². The van der Waals surface area contributed by atoms with Crippen LogP contribution in [-0.4, -0.2) is 21.3 Å². The third-order valence-corrected chi connectivity index (χ3v) is 4.24. The molecule has 0 aliphatic carbocycles. The van der Waals surface area contributed by atoms with E-state index in [2.05, 4.69) is 21.2 Å². The van der Waals surface area contributed by atoms with E-state index >= 15 is 0 Å². The van der Waals surface area contributed by atoms with Crippen molar-refractivity contribution >= 4 is 27.5 Å². The van der Waals surface area contributed by atoms with Gasteiger partial charge in [-0.15, -0.1) is 0 Å². The lowest BCUT2D eigenvalue weighted by molar-refractivity contribution is 0.354. The highest BCUT2D eigenvalue weighted by molar-refractivity contribution is 9.10. The van der Waals surface area contributed by atoms with Crippen molar-refractivity contribution in [2.45, 2.75) is 6.04 Å². The highest BCUT2D eigenvalue weighted by Crippen LogP contribution is 2.38. The first-order valence-corrected chi connectivity index (χ1v) is 7.62. The number of hydrogen-bond donors (Lipinski definition) is 1. The van der Waals surface area contributed by atoms with Gasteiger partial charge in [-0.1, -0.05) is 39.7 Å². The molecule has 2 rings (SSSR count). The topological polar surface area (TPSA) is 30.5 Å². The molecule has 2 aromatic carbocycles. The van der Waals surface area contributed by atoms with Crippen LogP contribution in [0.1, 0.15) is 17.2 Å². The molecule has 0 heterocycles. The van der Waals surface area contributed by atoms with Crippen molar-refractivity contribution in [3.63, 3.8) is 0 Å². The predicted molar refractivity (Wildman–Crippen MR) is 89.6 cm³/mol. The average Bonchev–Trinajstić information content (AvgIpc) is 2.50. The molecule has 0 radical (unpaired) electrons. The van der Waals surface area contributed by atoms with Crippen LogP contribution in [0.3, 0.4) is 0 Å². The highest BCUT2D eigenvalue weighted by atomic mass is 79.9. The number of methoxy groups -OCH3 is 2. The molecule has 0 amide bonds. The maximum absolute atomic E-state index is 5.96. The first-order valence-electron chi connectivity index (χ1n) is 6.44. The van der Waals surface area contributed by atoms with Crippen molar-refractivity contribution in [1.29, 1.82) is 0 Å². The Hall–Kier alpha value is -1.23. The molecule has 1 unspecified atom stereocenters. The van der Waals surface area contributed by atoms with Crippen LogP contribution in [0.25, 0.3) is 0 Å². The van der Waals surface area contributed by atoms with Gasteiger partial charge in [0.25, 0.3) is 0 Å². The van der Waals surface area contributed by atoms with Crippen LogP contribution < -0.4 is 14.8 Å². The van der Waals surface area contributed by atoms with E-state index < -0.39 is 0 Å². The van der Waals surface area contributed by atoms with Crippen molar-refractivity contribution < 1.29 is 9.47 Å². The van der Waals surface area contributed by atoms with Gasteiger partial charge in [0.15, 0.2) is 11.5 Å². The van der Waals surface area contributed by atoms with Gasteiger partial charge in [-0.2, -0.15) is 0 Å². The van der Waals surface area contributed by atoms with Crippen LogP contribution in [0.15, 0.2) is 40.9 Å². The zero-order valence-corrected chi connectivity index (χ0v) is 14.5. The van der Waals surface area contributed by atoms with Gasteiger partial charge in [0.2, 0.25) is 0 Å². The van der Waals surface area contributed by atoms with Crippen LogP contribution in [-0.2, 0) is 0 Å². The fourth-order valence-corrected chi connectivity index (χ4v) is 2.93. The molecular weight excluding hydrogens is 354 g/mol. The summed E-state index contributed by atoms with van der Waals surface area (Å²) in [7, 11) is 5.17. The molecule has 1 N–H and O–H groups in total. The first kappa shape index (κ1) is 16.1. The van der Waals surface area contributed by atoms with Crippen molar-refractivity contribution in [3.05, 3.63) is 57.0 Å². The van der Waals surface area contributed by atoms with Gasteiger partial charge in [0.05, 0.1) is 20.3 Å². The van der Waals surface area contributed by atoms with Crippen LogP contribution in [0.2, 0.25) is 5.02 Å². The Kier molecular flexibility index (Phi) is 5.51. The molecule has 0 aliphatic heterocycles. The smallest absolute Gasteiger partial charge is 0.161 e. The first-order chi connectivity index (χ1) is 10.1. The van der Waals surface area contributed by atoms with Gasteiger partial charge in [-0.3, -0.25) is 0 Å². The Morgan fingerprint density at radius 3 is 2.14 bits per heavy atom. The SMILES string of the molecule is CNC(c1ccc(Cl)cc1)c1cc(OC)c(OC)cc1Br. The van der Waals surface area contributed by atoms with E-state index in [1.807, 2.05) is 43.4 Å². The van der Waals surface area contributed by atoms with Gasteiger partial charge < -0.3 is 14.8 Å². The molecule has 0 aromatic heterocycles. The molecule has 0 fully saturated rings. The fourth-order valence-electron chi connectivity index (χ4n) is 2.25. The Labute approximate surface area is 138 Å². The van der Waals surface area contributed by atoms with Crippen molar-refractivity contribution in [2.24, 2.45) is 0 Å². The number of ether oxygens (including phenoxy) is 2. The molecule has 0 saturated heterocycles.